The molecule has 0 bridgehead atoms. The van der Waals surface area contributed by atoms with Crippen LogP contribution < -0.4 is 10.6 Å². The summed E-state index contributed by atoms with van der Waals surface area (Å²) >= 11 is 0. The first-order chi connectivity index (χ1) is 15.2. The fraction of sp³-hybridized carbons (Fsp3) is 0.500. The number of benzene rings is 1. The van der Waals surface area contributed by atoms with Crippen molar-refractivity contribution < 1.29 is 33.4 Å². The molecule has 1 saturated carbocycles. The highest BCUT2D eigenvalue weighted by molar-refractivity contribution is 6.10. The van der Waals surface area contributed by atoms with E-state index < -0.39 is 41.9 Å². The van der Waals surface area contributed by atoms with Crippen molar-refractivity contribution in [1.82, 2.24) is 10.2 Å². The van der Waals surface area contributed by atoms with Gasteiger partial charge in [0.05, 0.1) is 25.3 Å². The number of imide groups is 1. The molecular weight excluding hydrogens is 418 g/mol. The number of nitrogens with one attached hydrogen (secondary N) is 2. The van der Waals surface area contributed by atoms with Crippen molar-refractivity contribution >= 4 is 35.5 Å². The van der Waals surface area contributed by atoms with Gasteiger partial charge in [-0.1, -0.05) is 13.3 Å². The van der Waals surface area contributed by atoms with Gasteiger partial charge in [0, 0.05) is 5.69 Å². The van der Waals surface area contributed by atoms with Crippen LogP contribution in [0.1, 0.15) is 59.7 Å². The van der Waals surface area contributed by atoms with E-state index in [1.54, 1.807) is 0 Å². The van der Waals surface area contributed by atoms with Crippen LogP contribution in [-0.4, -0.2) is 61.0 Å². The van der Waals surface area contributed by atoms with E-state index in [1.165, 1.54) is 32.4 Å². The van der Waals surface area contributed by atoms with Gasteiger partial charge in [0.1, 0.15) is 12.1 Å². The molecule has 1 aliphatic heterocycles. The lowest BCUT2D eigenvalue weighted by molar-refractivity contribution is -0.135. The Bertz CT molecular complexity index is 917. The molecule has 1 aromatic carbocycles. The van der Waals surface area contributed by atoms with Gasteiger partial charge < -0.3 is 20.1 Å². The molecule has 32 heavy (non-hydrogen) atoms. The largest absolute Gasteiger partial charge is 0.465 e. The molecule has 10 nitrogen and oxygen atoms in total. The minimum atomic E-state index is -0.939. The summed E-state index contributed by atoms with van der Waals surface area (Å²) in [6.07, 6.45) is 3.83. The SMILES string of the molecule is CCC1CCC2(CC1)NC(=O)N(CC(=O)Nc1cc(C(=O)OC)cc(C(=O)OC)c1)C2=O. The Labute approximate surface area is 185 Å². The maximum atomic E-state index is 13.0. The van der Waals surface area contributed by atoms with Crippen molar-refractivity contribution in [2.45, 2.75) is 44.6 Å². The van der Waals surface area contributed by atoms with E-state index in [4.69, 9.17) is 0 Å². The Balaban J connectivity index is 1.73. The van der Waals surface area contributed by atoms with Crippen LogP contribution in [0, 0.1) is 5.92 Å². The number of urea groups is 1. The molecule has 172 valence electrons. The van der Waals surface area contributed by atoms with Crippen LogP contribution in [0.4, 0.5) is 10.5 Å². The number of hydrogen-bond acceptors (Lipinski definition) is 7. The monoisotopic (exact) mass is 445 g/mol. The predicted molar refractivity (Wildman–Crippen MR) is 113 cm³/mol. The molecule has 1 aromatic rings. The first-order valence-corrected chi connectivity index (χ1v) is 10.5. The maximum absolute atomic E-state index is 13.0. The summed E-state index contributed by atoms with van der Waals surface area (Å²) in [7, 11) is 2.37. The highest BCUT2D eigenvalue weighted by atomic mass is 16.5. The zero-order valence-electron chi connectivity index (χ0n) is 18.4. The minimum Gasteiger partial charge on any atom is -0.465 e. The molecule has 1 aliphatic carbocycles. The van der Waals surface area contributed by atoms with Crippen LogP contribution in [0.25, 0.3) is 0 Å². The third kappa shape index (κ3) is 4.58. The van der Waals surface area contributed by atoms with Crippen molar-refractivity contribution in [3.8, 4) is 0 Å². The first-order valence-electron chi connectivity index (χ1n) is 10.5. The van der Waals surface area contributed by atoms with Gasteiger partial charge in [0.15, 0.2) is 0 Å². The van der Waals surface area contributed by atoms with Gasteiger partial charge >= 0.3 is 18.0 Å². The van der Waals surface area contributed by atoms with Crippen LogP contribution in [0.2, 0.25) is 0 Å². The van der Waals surface area contributed by atoms with Gasteiger partial charge in [-0.25, -0.2) is 14.4 Å². The highest BCUT2D eigenvalue weighted by Gasteiger charge is 2.52. The van der Waals surface area contributed by atoms with Crippen LogP contribution in [0.3, 0.4) is 0 Å². The molecule has 0 radical (unpaired) electrons. The quantitative estimate of drug-likeness (QED) is 0.506. The minimum absolute atomic E-state index is 0.0346. The summed E-state index contributed by atoms with van der Waals surface area (Å²) < 4.78 is 9.34. The first kappa shape index (κ1) is 23.2. The van der Waals surface area contributed by atoms with Gasteiger partial charge in [0.2, 0.25) is 5.91 Å². The number of rotatable bonds is 6. The number of anilines is 1. The molecule has 4 amide bonds. The number of nitrogens with zero attached hydrogens (tertiary/aromatic N) is 1. The summed E-state index contributed by atoms with van der Waals surface area (Å²) in [4.78, 5) is 62.8. The number of ether oxygens (including phenoxy) is 2. The zero-order valence-corrected chi connectivity index (χ0v) is 18.4. The molecule has 2 N–H and O–H groups in total. The standard InChI is InChI=1S/C22H27N3O7/c1-4-13-5-7-22(8-6-13)20(29)25(21(30)24-22)12-17(26)23-16-10-14(18(27)31-2)9-15(11-16)19(28)32-3/h9-11,13H,4-8,12H2,1-3H3,(H,23,26)(H,24,30). The second kappa shape index (κ2) is 9.37. The van der Waals surface area contributed by atoms with Crippen LogP contribution >= 0.6 is 0 Å². The fourth-order valence-electron chi connectivity index (χ4n) is 4.25. The van der Waals surface area contributed by atoms with Gasteiger partial charge in [-0.2, -0.15) is 0 Å². The van der Waals surface area contributed by atoms with E-state index >= 15 is 0 Å². The number of hydrogen-bond donors (Lipinski definition) is 2. The van der Waals surface area contributed by atoms with Crippen molar-refractivity contribution in [2.75, 3.05) is 26.1 Å². The second-order valence-electron chi connectivity index (χ2n) is 8.09. The van der Waals surface area contributed by atoms with E-state index in [0.717, 1.165) is 24.2 Å². The number of methoxy groups -OCH3 is 2. The van der Waals surface area contributed by atoms with Gasteiger partial charge in [0.25, 0.3) is 5.91 Å². The summed E-state index contributed by atoms with van der Waals surface area (Å²) in [5.74, 6) is -1.92. The van der Waals surface area contributed by atoms with Gasteiger partial charge in [-0.15, -0.1) is 0 Å². The Morgan fingerprint density at radius 1 is 1.06 bits per heavy atom. The number of carbonyl (C=O) groups is 5. The molecule has 0 aromatic heterocycles. The average Bonchev–Trinajstić information content (AvgIpc) is 3.02. The molecule has 2 aliphatic rings. The summed E-state index contributed by atoms with van der Waals surface area (Å²) in [5.41, 5.74) is -0.741. The lowest BCUT2D eigenvalue weighted by Gasteiger charge is -2.34. The molecular formula is C22H27N3O7. The predicted octanol–water partition coefficient (Wildman–Crippen LogP) is 2.09. The van der Waals surface area contributed by atoms with Gasteiger partial charge in [-0.05, 0) is 49.8 Å². The second-order valence-corrected chi connectivity index (χ2v) is 8.09. The summed E-state index contributed by atoms with van der Waals surface area (Å²) in [5, 5.41) is 5.31. The van der Waals surface area contributed by atoms with Crippen molar-refractivity contribution in [3.05, 3.63) is 29.3 Å². The zero-order chi connectivity index (χ0) is 23.5. The molecule has 3 rings (SSSR count). The lowest BCUT2D eigenvalue weighted by Crippen LogP contribution is -2.49. The highest BCUT2D eigenvalue weighted by Crippen LogP contribution is 2.37. The molecule has 10 heteroatoms. The third-order valence-electron chi connectivity index (χ3n) is 6.14. The van der Waals surface area contributed by atoms with E-state index in [-0.39, 0.29) is 16.8 Å². The fourth-order valence-corrected chi connectivity index (χ4v) is 4.25. The topological polar surface area (TPSA) is 131 Å². The summed E-state index contributed by atoms with van der Waals surface area (Å²) in [6, 6.07) is 3.34. The number of amides is 4. The molecule has 2 fully saturated rings. The smallest absolute Gasteiger partial charge is 0.337 e. The maximum Gasteiger partial charge on any atom is 0.337 e. The van der Waals surface area contributed by atoms with Crippen molar-refractivity contribution in [3.63, 3.8) is 0 Å². The van der Waals surface area contributed by atoms with Crippen molar-refractivity contribution in [1.29, 1.82) is 0 Å². The number of esters is 2. The van der Waals surface area contributed by atoms with Gasteiger partial charge in [-0.3, -0.25) is 14.5 Å². The van der Waals surface area contributed by atoms with Crippen molar-refractivity contribution in [2.24, 2.45) is 5.92 Å². The van der Waals surface area contributed by atoms with E-state index in [9.17, 15) is 24.0 Å². The average molecular weight is 445 g/mol. The molecule has 1 saturated heterocycles. The molecule has 1 heterocycles. The Kier molecular flexibility index (Phi) is 6.81. The Morgan fingerprint density at radius 2 is 1.62 bits per heavy atom. The normalized spacial score (nSPS) is 22.5. The van der Waals surface area contributed by atoms with E-state index in [1.807, 2.05) is 0 Å². The number of carbonyl (C=O) groups excluding carboxylic acids is 5. The Morgan fingerprint density at radius 3 is 2.12 bits per heavy atom. The Hall–Kier alpha value is -3.43. The lowest BCUT2D eigenvalue weighted by atomic mass is 9.75. The molecule has 0 atom stereocenters. The van der Waals surface area contributed by atoms with Crippen LogP contribution in [0.15, 0.2) is 18.2 Å². The van der Waals surface area contributed by atoms with E-state index in [0.29, 0.717) is 18.8 Å². The molecule has 0 unspecified atom stereocenters. The van der Waals surface area contributed by atoms with Crippen LogP contribution in [-0.2, 0) is 19.1 Å². The third-order valence-corrected chi connectivity index (χ3v) is 6.14. The molecule has 1 spiro atoms. The van der Waals surface area contributed by atoms with Crippen LogP contribution in [0.5, 0.6) is 0 Å². The van der Waals surface area contributed by atoms with E-state index in [2.05, 4.69) is 27.0 Å². The summed E-state index contributed by atoms with van der Waals surface area (Å²) in [6.45, 7) is 1.62.